The largest absolute Gasteiger partial charge is 1.00 e. The first kappa shape index (κ1) is 24.6. The fraction of sp³-hybridized carbons (Fsp3) is 0.882. The molecule has 1 aromatic heterocycles. The Morgan fingerprint density at radius 1 is 1.23 bits per heavy atom. The third kappa shape index (κ3) is 5.56. The minimum Gasteiger partial charge on any atom is -1.00 e. The van der Waals surface area contributed by atoms with Gasteiger partial charge in [0, 0.05) is 17.5 Å². The second kappa shape index (κ2) is 9.38. The van der Waals surface area contributed by atoms with Gasteiger partial charge in [-0.3, -0.25) is 0 Å². The summed E-state index contributed by atoms with van der Waals surface area (Å²) in [5, 5.41) is 38.1. The van der Waals surface area contributed by atoms with E-state index < -0.39 is 30.0 Å². The van der Waals surface area contributed by atoms with Crippen LogP contribution >= 0.6 is 0 Å². The monoisotopic (exact) mass is 397 g/mol. The second-order valence-corrected chi connectivity index (χ2v) is 8.48. The zero-order valence-corrected chi connectivity index (χ0v) is 20.0. The van der Waals surface area contributed by atoms with Crippen LogP contribution in [0.2, 0.25) is 0 Å². The Balaban J connectivity index is 0.00000338. The van der Waals surface area contributed by atoms with Gasteiger partial charge in [0.05, 0.1) is 36.7 Å². The molecule has 9 heteroatoms. The minimum atomic E-state index is -1.17. The summed E-state index contributed by atoms with van der Waals surface area (Å²) < 4.78 is 13.1. The van der Waals surface area contributed by atoms with Gasteiger partial charge in [0.1, 0.15) is 6.10 Å². The Labute approximate surface area is 199 Å². The van der Waals surface area contributed by atoms with Crippen molar-refractivity contribution >= 4 is 0 Å². The number of aliphatic hydroxyl groups excluding tert-OH is 3. The van der Waals surface area contributed by atoms with Gasteiger partial charge in [-0.25, -0.2) is 4.68 Å². The summed E-state index contributed by atoms with van der Waals surface area (Å²) in [6.07, 6.45) is -1.87. The van der Waals surface area contributed by atoms with Crippen molar-refractivity contribution in [3.63, 3.8) is 0 Å². The second-order valence-electron chi connectivity index (χ2n) is 8.48. The van der Waals surface area contributed by atoms with Gasteiger partial charge < -0.3 is 26.2 Å². The average Bonchev–Trinajstić information content (AvgIpc) is 3.03. The summed E-state index contributed by atoms with van der Waals surface area (Å²) >= 11 is 0. The molecule has 146 valence electrons. The van der Waals surface area contributed by atoms with Crippen molar-refractivity contribution in [2.75, 3.05) is 13.2 Å². The molecular formula is C17H32KN3O5. The van der Waals surface area contributed by atoms with E-state index in [0.717, 1.165) is 5.69 Å². The van der Waals surface area contributed by atoms with Crippen LogP contribution in [-0.4, -0.2) is 68.1 Å². The van der Waals surface area contributed by atoms with E-state index in [-0.39, 0.29) is 77.5 Å². The van der Waals surface area contributed by atoms with Gasteiger partial charge in [0.25, 0.3) is 0 Å². The fourth-order valence-electron chi connectivity index (χ4n) is 2.68. The summed E-state index contributed by atoms with van der Waals surface area (Å²) in [7, 11) is 0. The molecule has 0 aliphatic carbocycles. The average molecular weight is 398 g/mol. The molecule has 1 saturated heterocycles. The first-order valence-corrected chi connectivity index (χ1v) is 8.64. The van der Waals surface area contributed by atoms with Crippen molar-refractivity contribution in [1.29, 1.82) is 0 Å². The maximum atomic E-state index is 10.2. The molecule has 26 heavy (non-hydrogen) atoms. The van der Waals surface area contributed by atoms with Gasteiger partial charge >= 0.3 is 51.4 Å². The third-order valence-electron chi connectivity index (χ3n) is 4.73. The molecule has 1 aliphatic heterocycles. The van der Waals surface area contributed by atoms with Crippen LogP contribution in [-0.2, 0) is 20.4 Å². The van der Waals surface area contributed by atoms with Crippen LogP contribution in [0.4, 0.5) is 0 Å². The topological polar surface area (TPSA) is 110 Å². The molecule has 0 spiro atoms. The molecule has 0 saturated carbocycles. The molecule has 1 aromatic rings. The van der Waals surface area contributed by atoms with Crippen LogP contribution in [0.15, 0.2) is 6.20 Å². The number of aromatic nitrogens is 3. The van der Waals surface area contributed by atoms with Crippen LogP contribution in [0, 0.1) is 5.92 Å². The van der Waals surface area contributed by atoms with E-state index in [1.54, 1.807) is 11.6 Å². The summed E-state index contributed by atoms with van der Waals surface area (Å²) in [6, 6.07) is 0. The molecule has 0 aromatic carbocycles. The van der Waals surface area contributed by atoms with Crippen molar-refractivity contribution in [3.05, 3.63) is 11.9 Å². The van der Waals surface area contributed by atoms with E-state index in [0.29, 0.717) is 0 Å². The van der Waals surface area contributed by atoms with E-state index in [2.05, 4.69) is 10.3 Å². The Morgan fingerprint density at radius 3 is 2.35 bits per heavy atom. The summed E-state index contributed by atoms with van der Waals surface area (Å²) in [4.78, 5) is 0. The molecule has 5 atom stereocenters. The maximum absolute atomic E-state index is 10.2. The van der Waals surface area contributed by atoms with Crippen LogP contribution in [0.1, 0.15) is 48.7 Å². The smallest absolute Gasteiger partial charge is 1.00 e. The number of nitrogens with zero attached hydrogens (tertiary/aromatic N) is 3. The maximum Gasteiger partial charge on any atom is 1.00 e. The Bertz CT molecular complexity index is 579. The third-order valence-corrected chi connectivity index (χ3v) is 4.73. The van der Waals surface area contributed by atoms with Crippen molar-refractivity contribution in [2.45, 2.75) is 77.1 Å². The normalized spacial score (nSPS) is 30.1. The molecule has 1 fully saturated rings. The van der Waals surface area contributed by atoms with Crippen LogP contribution in [0.3, 0.4) is 0 Å². The quantitative estimate of drug-likeness (QED) is 0.472. The van der Waals surface area contributed by atoms with Crippen molar-refractivity contribution < 1.29 is 77.6 Å². The van der Waals surface area contributed by atoms with Crippen LogP contribution < -0.4 is 51.4 Å². The molecule has 0 radical (unpaired) electrons. The van der Waals surface area contributed by atoms with Gasteiger partial charge in [0.15, 0.2) is 6.29 Å². The summed E-state index contributed by atoms with van der Waals surface area (Å²) in [5.74, 6) is -0.375. The standard InChI is InChI=1S/C17H31N3O5.K.H/c1-10-11(8-21)25-15(14(23)13(10)22)24-9-17(5,6)12-7-20(19-18-12)16(2,3)4;;/h7,10-11,13-15,21-23H,8-9H2,1-6H3;;/q;+1;-1/t10-,11+,13-,14+,15+;;/m0../s1. The Hall–Kier alpha value is 0.576. The zero-order valence-electron chi connectivity index (χ0n) is 17.9. The van der Waals surface area contributed by atoms with Crippen molar-refractivity contribution in [2.24, 2.45) is 5.92 Å². The van der Waals surface area contributed by atoms with Gasteiger partial charge in [0.2, 0.25) is 0 Å². The first-order valence-electron chi connectivity index (χ1n) is 8.64. The number of hydrogen-bond donors (Lipinski definition) is 3. The van der Waals surface area contributed by atoms with Crippen molar-refractivity contribution in [1.82, 2.24) is 15.0 Å². The van der Waals surface area contributed by atoms with Gasteiger partial charge in [-0.15, -0.1) is 5.10 Å². The number of aliphatic hydroxyl groups is 3. The Morgan fingerprint density at radius 2 is 1.85 bits per heavy atom. The van der Waals surface area contributed by atoms with Gasteiger partial charge in [-0.05, 0) is 20.8 Å². The SMILES string of the molecule is C[C@@H]1[C@H](O)[C@@H](O)[C@H](OCC(C)(C)c2cn(C(C)(C)C)nn2)O[C@@H]1CO.[H-].[K+]. The summed E-state index contributed by atoms with van der Waals surface area (Å²) in [6.45, 7) is 11.7. The molecule has 0 bridgehead atoms. The molecule has 2 heterocycles. The first-order chi connectivity index (χ1) is 11.5. The van der Waals surface area contributed by atoms with E-state index in [9.17, 15) is 15.3 Å². The zero-order chi connectivity index (χ0) is 19.0. The van der Waals surface area contributed by atoms with E-state index >= 15 is 0 Å². The molecule has 3 N–H and O–H groups in total. The molecular weight excluding hydrogens is 365 g/mol. The number of ether oxygens (including phenoxy) is 2. The van der Waals surface area contributed by atoms with Gasteiger partial charge in [-0.1, -0.05) is 26.0 Å². The van der Waals surface area contributed by atoms with E-state index in [1.807, 2.05) is 40.8 Å². The Kier molecular flexibility index (Phi) is 8.88. The van der Waals surface area contributed by atoms with Crippen LogP contribution in [0.25, 0.3) is 0 Å². The molecule has 8 nitrogen and oxygen atoms in total. The molecule has 1 aliphatic rings. The number of rotatable bonds is 5. The fourth-order valence-corrected chi connectivity index (χ4v) is 2.68. The minimum absolute atomic E-state index is 0. The van der Waals surface area contributed by atoms with Crippen molar-refractivity contribution in [3.8, 4) is 0 Å². The molecule has 0 amide bonds. The molecule has 0 unspecified atom stereocenters. The van der Waals surface area contributed by atoms with E-state index in [1.165, 1.54) is 0 Å². The predicted octanol–water partition coefficient (Wildman–Crippen LogP) is -2.48. The predicted molar refractivity (Wildman–Crippen MR) is 92.0 cm³/mol. The van der Waals surface area contributed by atoms with Gasteiger partial charge in [-0.2, -0.15) is 0 Å². The summed E-state index contributed by atoms with van der Waals surface area (Å²) in [5.41, 5.74) is 0.134. The van der Waals surface area contributed by atoms with E-state index in [4.69, 9.17) is 9.47 Å². The number of hydrogen-bond acceptors (Lipinski definition) is 7. The van der Waals surface area contributed by atoms with Crippen LogP contribution in [0.5, 0.6) is 0 Å². The molecule has 2 rings (SSSR count).